The Morgan fingerprint density at radius 3 is 3.05 bits per heavy atom. The number of carbonyl (C=O) groups is 1. The first-order valence-electron chi connectivity index (χ1n) is 7.92. The summed E-state index contributed by atoms with van der Waals surface area (Å²) in [6.07, 6.45) is 2.54. The van der Waals surface area contributed by atoms with Gasteiger partial charge in [0.05, 0.1) is 12.7 Å². The molecular weight excluding hydrogens is 282 g/mol. The quantitative estimate of drug-likeness (QED) is 0.822. The minimum Gasteiger partial charge on any atom is -0.375 e. The van der Waals surface area contributed by atoms with Crippen LogP contribution in [0.4, 0.5) is 5.82 Å². The molecule has 0 radical (unpaired) electrons. The summed E-state index contributed by atoms with van der Waals surface area (Å²) in [6, 6.07) is 3.63. The Labute approximate surface area is 130 Å². The summed E-state index contributed by atoms with van der Waals surface area (Å²) >= 11 is 0. The lowest BCUT2D eigenvalue weighted by molar-refractivity contribution is -0.139. The third kappa shape index (κ3) is 3.36. The lowest BCUT2D eigenvalue weighted by atomic mass is 10.1. The molecule has 0 saturated carbocycles. The highest BCUT2D eigenvalue weighted by atomic mass is 16.5. The summed E-state index contributed by atoms with van der Waals surface area (Å²) in [4.78, 5) is 16.8. The first kappa shape index (κ1) is 15.2. The predicted molar refractivity (Wildman–Crippen MR) is 82.6 cm³/mol. The molecule has 0 spiro atoms. The molecule has 3 heterocycles. The van der Waals surface area contributed by atoms with Crippen LogP contribution in [-0.2, 0) is 9.53 Å². The fraction of sp³-hybridized carbons (Fsp3) is 0.667. The average molecular weight is 305 g/mol. The van der Waals surface area contributed by atoms with Gasteiger partial charge in [0, 0.05) is 38.9 Å². The Bertz CT molecular complexity index is 498. The first-order chi connectivity index (χ1) is 10.8. The van der Waals surface area contributed by atoms with Gasteiger partial charge in [-0.3, -0.25) is 4.79 Å². The van der Waals surface area contributed by atoms with E-state index >= 15 is 0 Å². The van der Waals surface area contributed by atoms with Crippen molar-refractivity contribution in [2.45, 2.75) is 25.5 Å². The maximum atomic E-state index is 12.7. The number of anilines is 1. The van der Waals surface area contributed by atoms with Crippen LogP contribution in [0.5, 0.6) is 0 Å². The largest absolute Gasteiger partial charge is 0.375 e. The van der Waals surface area contributed by atoms with E-state index in [4.69, 9.17) is 4.74 Å². The van der Waals surface area contributed by atoms with Crippen molar-refractivity contribution >= 4 is 11.7 Å². The third-order valence-electron chi connectivity index (χ3n) is 4.27. The maximum absolute atomic E-state index is 12.7. The molecular formula is C15H23N5O2. The number of aromatic nitrogens is 2. The number of amides is 1. The monoisotopic (exact) mass is 305 g/mol. The zero-order chi connectivity index (χ0) is 15.4. The van der Waals surface area contributed by atoms with E-state index in [9.17, 15) is 4.79 Å². The Morgan fingerprint density at radius 2 is 2.27 bits per heavy atom. The molecule has 22 heavy (non-hydrogen) atoms. The fourth-order valence-electron chi connectivity index (χ4n) is 3.04. The van der Waals surface area contributed by atoms with Crippen LogP contribution in [0, 0.1) is 0 Å². The summed E-state index contributed by atoms with van der Waals surface area (Å²) in [5.41, 5.74) is 0. The second-order valence-corrected chi connectivity index (χ2v) is 5.76. The van der Waals surface area contributed by atoms with Crippen LogP contribution >= 0.6 is 0 Å². The average Bonchev–Trinajstić information content (AvgIpc) is 2.81. The van der Waals surface area contributed by atoms with E-state index < -0.39 is 0 Å². The Morgan fingerprint density at radius 1 is 1.36 bits per heavy atom. The van der Waals surface area contributed by atoms with Crippen LogP contribution in [0.1, 0.15) is 13.3 Å². The number of morpholine rings is 1. The van der Waals surface area contributed by atoms with Gasteiger partial charge in [0.25, 0.3) is 0 Å². The number of ether oxygens (including phenoxy) is 1. The van der Waals surface area contributed by atoms with E-state index in [1.54, 1.807) is 6.20 Å². The van der Waals surface area contributed by atoms with Gasteiger partial charge in [0.15, 0.2) is 5.82 Å². The van der Waals surface area contributed by atoms with E-state index in [1.807, 2.05) is 24.0 Å². The highest BCUT2D eigenvalue weighted by Gasteiger charge is 2.32. The summed E-state index contributed by atoms with van der Waals surface area (Å²) in [6.45, 7) is 6.53. The number of hydrogen-bond acceptors (Lipinski definition) is 6. The van der Waals surface area contributed by atoms with E-state index in [2.05, 4.69) is 20.4 Å². The predicted octanol–water partition coefficient (Wildman–Crippen LogP) is -0.108. The van der Waals surface area contributed by atoms with Crippen LogP contribution in [0.15, 0.2) is 18.3 Å². The third-order valence-corrected chi connectivity index (χ3v) is 4.27. The molecule has 3 rings (SSSR count). The first-order valence-corrected chi connectivity index (χ1v) is 7.92. The molecule has 2 fully saturated rings. The minimum atomic E-state index is -0.225. The second-order valence-electron chi connectivity index (χ2n) is 5.76. The number of nitrogens with zero attached hydrogens (tertiary/aromatic N) is 4. The maximum Gasteiger partial charge on any atom is 0.242 e. The Balaban J connectivity index is 1.61. The van der Waals surface area contributed by atoms with Gasteiger partial charge in [-0.25, -0.2) is 0 Å². The molecule has 2 saturated heterocycles. The van der Waals surface area contributed by atoms with E-state index in [0.717, 1.165) is 38.4 Å². The zero-order valence-electron chi connectivity index (χ0n) is 12.9. The zero-order valence-corrected chi connectivity index (χ0v) is 12.9. The number of nitrogens with one attached hydrogen (secondary N) is 1. The molecule has 0 aliphatic carbocycles. The minimum absolute atomic E-state index is 0.0689. The highest BCUT2D eigenvalue weighted by Crippen LogP contribution is 2.14. The number of rotatable bonds is 2. The van der Waals surface area contributed by atoms with Crippen molar-refractivity contribution in [2.75, 3.05) is 44.2 Å². The van der Waals surface area contributed by atoms with E-state index in [-0.39, 0.29) is 18.1 Å². The van der Waals surface area contributed by atoms with Crippen LogP contribution < -0.4 is 10.2 Å². The molecule has 7 nitrogen and oxygen atoms in total. The Hall–Kier alpha value is -1.73. The molecule has 2 aliphatic heterocycles. The summed E-state index contributed by atoms with van der Waals surface area (Å²) in [7, 11) is 0. The molecule has 2 atom stereocenters. The van der Waals surface area contributed by atoms with Gasteiger partial charge in [-0.2, -0.15) is 5.10 Å². The van der Waals surface area contributed by atoms with E-state index in [1.165, 1.54) is 0 Å². The molecule has 2 aliphatic rings. The molecule has 7 heteroatoms. The van der Waals surface area contributed by atoms with Gasteiger partial charge >= 0.3 is 0 Å². The van der Waals surface area contributed by atoms with Gasteiger partial charge in [-0.05, 0) is 25.5 Å². The smallest absolute Gasteiger partial charge is 0.242 e. The van der Waals surface area contributed by atoms with Gasteiger partial charge in [-0.1, -0.05) is 0 Å². The molecule has 120 valence electrons. The molecule has 0 bridgehead atoms. The molecule has 1 aromatic rings. The Kier molecular flexibility index (Phi) is 4.84. The molecule has 1 N–H and O–H groups in total. The molecule has 1 aromatic heterocycles. The number of carbonyl (C=O) groups excluding carboxylic acids is 1. The van der Waals surface area contributed by atoms with Gasteiger partial charge in [-0.15, -0.1) is 5.10 Å². The van der Waals surface area contributed by atoms with Crippen molar-refractivity contribution < 1.29 is 9.53 Å². The van der Waals surface area contributed by atoms with Crippen LogP contribution in [0.2, 0.25) is 0 Å². The van der Waals surface area contributed by atoms with E-state index in [0.29, 0.717) is 13.2 Å². The summed E-state index contributed by atoms with van der Waals surface area (Å²) < 4.78 is 5.59. The second kappa shape index (κ2) is 7.02. The fourth-order valence-corrected chi connectivity index (χ4v) is 3.04. The summed E-state index contributed by atoms with van der Waals surface area (Å²) in [5, 5.41) is 11.4. The van der Waals surface area contributed by atoms with Crippen LogP contribution in [0.3, 0.4) is 0 Å². The van der Waals surface area contributed by atoms with Crippen LogP contribution in [0.25, 0.3) is 0 Å². The SMILES string of the molecule is C[C@H]1OCCN[C@@H]1C(=O)N1CCCN(c2cccnn2)CC1. The topological polar surface area (TPSA) is 70.6 Å². The standard InChI is InChI=1S/C15H23N5O2/c1-12-14(16-6-11-22-12)15(21)20-8-3-7-19(9-10-20)13-4-2-5-17-18-13/h2,4-5,12,14,16H,3,6-11H2,1H3/t12-,14+/m1/s1. The van der Waals surface area contributed by atoms with Crippen molar-refractivity contribution in [3.05, 3.63) is 18.3 Å². The van der Waals surface area contributed by atoms with Gasteiger partial charge in [0.2, 0.25) is 5.91 Å². The highest BCUT2D eigenvalue weighted by molar-refractivity contribution is 5.82. The normalized spacial score (nSPS) is 26.6. The van der Waals surface area contributed by atoms with Crippen LogP contribution in [-0.4, -0.2) is 72.5 Å². The number of hydrogen-bond donors (Lipinski definition) is 1. The van der Waals surface area contributed by atoms with Crippen molar-refractivity contribution in [3.63, 3.8) is 0 Å². The van der Waals surface area contributed by atoms with Crippen molar-refractivity contribution in [1.82, 2.24) is 20.4 Å². The van der Waals surface area contributed by atoms with Gasteiger partial charge in [0.1, 0.15) is 6.04 Å². The van der Waals surface area contributed by atoms with Crippen molar-refractivity contribution in [3.8, 4) is 0 Å². The lowest BCUT2D eigenvalue weighted by Crippen LogP contribution is -2.56. The molecule has 0 unspecified atom stereocenters. The van der Waals surface area contributed by atoms with Crippen molar-refractivity contribution in [2.24, 2.45) is 0 Å². The molecule has 1 amide bonds. The lowest BCUT2D eigenvalue weighted by Gasteiger charge is -2.33. The summed E-state index contributed by atoms with van der Waals surface area (Å²) in [5.74, 6) is 1.03. The molecule has 0 aromatic carbocycles. The van der Waals surface area contributed by atoms with Crippen molar-refractivity contribution in [1.29, 1.82) is 0 Å². The van der Waals surface area contributed by atoms with Gasteiger partial charge < -0.3 is 19.9 Å².